The van der Waals surface area contributed by atoms with Crippen LogP contribution in [0.2, 0.25) is 0 Å². The molecule has 1 aliphatic carbocycles. The van der Waals surface area contributed by atoms with E-state index in [1.165, 1.54) is 18.9 Å². The summed E-state index contributed by atoms with van der Waals surface area (Å²) < 4.78 is 46.8. The Kier molecular flexibility index (Phi) is 21.2. The molecule has 0 aromatic heterocycles. The van der Waals surface area contributed by atoms with Gasteiger partial charge in [-0.1, -0.05) is 0 Å². The summed E-state index contributed by atoms with van der Waals surface area (Å²) in [5, 5.41) is 73.5. The molecule has 26 nitrogen and oxygen atoms in total. The molecule has 0 radical (unpaired) electrons. The van der Waals surface area contributed by atoms with Gasteiger partial charge in [-0.25, -0.2) is 24.0 Å². The molecule has 3 fully saturated rings. The summed E-state index contributed by atoms with van der Waals surface area (Å²) in [4.78, 5) is 83.0. The van der Waals surface area contributed by atoms with Gasteiger partial charge in [0.15, 0.2) is 11.9 Å². The number of carbonyl (C=O) groups is 6. The highest BCUT2D eigenvalue weighted by Gasteiger charge is 2.58. The van der Waals surface area contributed by atoms with Gasteiger partial charge in [0, 0.05) is 45.1 Å². The molecule has 1 saturated carbocycles. The van der Waals surface area contributed by atoms with Crippen LogP contribution in [0.4, 0.5) is 24.0 Å². The number of likely N-dealkylation sites (tertiary alicyclic amines) is 1. The van der Waals surface area contributed by atoms with E-state index < -0.39 is 156 Å². The van der Waals surface area contributed by atoms with Crippen molar-refractivity contribution in [1.82, 2.24) is 36.4 Å². The van der Waals surface area contributed by atoms with Crippen LogP contribution in [-0.4, -0.2) is 218 Å². The van der Waals surface area contributed by atoms with Crippen LogP contribution in [-0.2, 0) is 42.7 Å². The molecule has 78 heavy (non-hydrogen) atoms. The van der Waals surface area contributed by atoms with Crippen LogP contribution in [0.15, 0.2) is 11.8 Å². The van der Waals surface area contributed by atoms with Crippen LogP contribution < -0.4 is 26.6 Å². The molecule has 4 rings (SSSR count). The molecule has 0 spiro atoms. The molecule has 4 aliphatic rings. The van der Waals surface area contributed by atoms with Crippen molar-refractivity contribution in [3.63, 3.8) is 0 Å². The van der Waals surface area contributed by atoms with Crippen molar-refractivity contribution in [3.05, 3.63) is 11.8 Å². The fourth-order valence-electron chi connectivity index (χ4n) is 9.41. The second-order valence-corrected chi connectivity index (χ2v) is 25.9. The first-order valence-corrected chi connectivity index (χ1v) is 26.5. The maximum Gasteiger partial charge on any atom is 0.410 e. The SMILES string of the molecule is CN(C(=O)OC(C)(C)C)[C@@H]1[C@@H](O)[C@@H](O[C@H]2[C@H](NC(=O)C3(O)CCN(C(=O)OC(C)(C)C)C3)C[C@H](NC(=O)OC(C)(C)C)C([C@H]3OC(CNCC(O)CNC(=O)OC(C)(C)C)=CC[C@H]3NC(=O)OC(C)(C)C)[C@@H]2O)OC[C@]1(C)O. The molecule has 13 atom stereocenters. The number of β-amino-alcohol motifs (C(OH)–C–C–N with tert-alkyl or cyclic N) is 1. The first-order valence-electron chi connectivity index (χ1n) is 26.5. The zero-order valence-electron chi connectivity index (χ0n) is 48.6. The van der Waals surface area contributed by atoms with Gasteiger partial charge >= 0.3 is 30.5 Å². The maximum atomic E-state index is 14.5. The molecule has 3 aliphatic heterocycles. The summed E-state index contributed by atoms with van der Waals surface area (Å²) in [5.74, 6) is -2.06. The van der Waals surface area contributed by atoms with E-state index in [0.29, 0.717) is 0 Å². The van der Waals surface area contributed by atoms with E-state index in [1.54, 1.807) is 110 Å². The van der Waals surface area contributed by atoms with E-state index in [2.05, 4.69) is 26.6 Å². The lowest BCUT2D eigenvalue weighted by atomic mass is 9.72. The molecule has 10 N–H and O–H groups in total. The summed E-state index contributed by atoms with van der Waals surface area (Å²) in [6.45, 7) is 24.9. The van der Waals surface area contributed by atoms with Crippen LogP contribution in [0.25, 0.3) is 0 Å². The van der Waals surface area contributed by atoms with E-state index >= 15 is 0 Å². The quantitative estimate of drug-likeness (QED) is 0.112. The van der Waals surface area contributed by atoms with Crippen molar-refractivity contribution >= 4 is 36.4 Å². The third-order valence-corrected chi connectivity index (χ3v) is 12.5. The van der Waals surface area contributed by atoms with Crippen molar-refractivity contribution in [2.75, 3.05) is 46.4 Å². The van der Waals surface area contributed by atoms with Gasteiger partial charge in [-0.3, -0.25) is 4.79 Å². The number of hydrogen-bond acceptors (Lipinski definition) is 20. The Balaban J connectivity index is 1.81. The van der Waals surface area contributed by atoms with E-state index in [0.717, 1.165) is 4.90 Å². The summed E-state index contributed by atoms with van der Waals surface area (Å²) >= 11 is 0. The zero-order chi connectivity index (χ0) is 59.3. The molecular formula is C52H91N7O19. The van der Waals surface area contributed by atoms with Crippen molar-refractivity contribution in [2.45, 2.75) is 230 Å². The molecule has 0 aromatic carbocycles. The van der Waals surface area contributed by atoms with E-state index in [9.17, 15) is 54.3 Å². The normalized spacial score (nSPS) is 30.3. The van der Waals surface area contributed by atoms with Crippen LogP contribution in [0.5, 0.6) is 0 Å². The fraction of sp³-hybridized carbons (Fsp3) is 0.846. The second kappa shape index (κ2) is 25.2. The number of aliphatic hydroxyl groups is 5. The molecule has 3 heterocycles. The summed E-state index contributed by atoms with van der Waals surface area (Å²) in [6, 6.07) is -5.09. The number of ether oxygens (including phenoxy) is 8. The summed E-state index contributed by atoms with van der Waals surface area (Å²) in [7, 11) is 1.31. The molecule has 6 amide bonds. The highest BCUT2D eigenvalue weighted by molar-refractivity contribution is 5.87. The van der Waals surface area contributed by atoms with Gasteiger partial charge in [-0.2, -0.15) is 0 Å². The van der Waals surface area contributed by atoms with Crippen LogP contribution in [0.3, 0.4) is 0 Å². The van der Waals surface area contributed by atoms with Gasteiger partial charge in [-0.15, -0.1) is 0 Å². The number of aliphatic hydroxyl groups excluding tert-OH is 3. The Morgan fingerprint density at radius 2 is 1.28 bits per heavy atom. The molecule has 0 bridgehead atoms. The predicted molar refractivity (Wildman–Crippen MR) is 279 cm³/mol. The van der Waals surface area contributed by atoms with Crippen molar-refractivity contribution < 1.29 is 92.2 Å². The molecule has 0 aromatic rings. The average molecular weight is 1120 g/mol. The smallest absolute Gasteiger partial charge is 0.410 e. The van der Waals surface area contributed by atoms with Gasteiger partial charge in [0.05, 0.1) is 50.0 Å². The predicted octanol–water partition coefficient (Wildman–Crippen LogP) is 2.25. The number of nitrogens with zero attached hydrogens (tertiary/aromatic N) is 2. The average Bonchev–Trinajstić information content (AvgIpc) is 3.66. The van der Waals surface area contributed by atoms with Crippen LogP contribution in [0.1, 0.15) is 130 Å². The van der Waals surface area contributed by atoms with Gasteiger partial charge in [0.1, 0.15) is 57.7 Å². The third-order valence-electron chi connectivity index (χ3n) is 12.5. The Morgan fingerprint density at radius 3 is 1.83 bits per heavy atom. The highest BCUT2D eigenvalue weighted by atomic mass is 16.7. The lowest BCUT2D eigenvalue weighted by molar-refractivity contribution is -0.306. The van der Waals surface area contributed by atoms with Gasteiger partial charge in [-0.05, 0) is 130 Å². The number of alkyl carbamates (subject to hydrolysis) is 3. The summed E-state index contributed by atoms with van der Waals surface area (Å²) in [5.41, 5.74) is -8.73. The van der Waals surface area contributed by atoms with E-state index in [1.807, 2.05) is 0 Å². The lowest BCUT2D eigenvalue weighted by Gasteiger charge is -2.52. The van der Waals surface area contributed by atoms with Gasteiger partial charge < -0.3 is 99.8 Å². The highest BCUT2D eigenvalue weighted by Crippen LogP contribution is 2.39. The lowest BCUT2D eigenvalue weighted by Crippen LogP contribution is -2.71. The monoisotopic (exact) mass is 1120 g/mol. The molecule has 2 saturated heterocycles. The topological polar surface area (TPSA) is 344 Å². The van der Waals surface area contributed by atoms with Crippen LogP contribution in [0, 0.1) is 5.92 Å². The first kappa shape index (κ1) is 65.6. The summed E-state index contributed by atoms with van der Waals surface area (Å²) in [6.07, 6.45) is -12.6. The van der Waals surface area contributed by atoms with E-state index in [4.69, 9.17) is 37.9 Å². The Labute approximate surface area is 458 Å². The largest absolute Gasteiger partial charge is 0.491 e. The third kappa shape index (κ3) is 19.7. The van der Waals surface area contributed by atoms with Gasteiger partial charge in [0.2, 0.25) is 0 Å². The van der Waals surface area contributed by atoms with E-state index in [-0.39, 0.29) is 51.2 Å². The van der Waals surface area contributed by atoms with Gasteiger partial charge in [0.25, 0.3) is 5.91 Å². The zero-order valence-corrected chi connectivity index (χ0v) is 48.6. The molecule has 448 valence electrons. The minimum absolute atomic E-state index is 0.0295. The number of hydrogen-bond donors (Lipinski definition) is 10. The number of rotatable bonds is 14. The van der Waals surface area contributed by atoms with Crippen molar-refractivity contribution in [1.29, 1.82) is 0 Å². The molecule has 26 heteroatoms. The standard InChI is InChI=1S/C52H91N7O19/c1-46(2,3)74-41(64)54-24-28(60)23-53-25-29-18-19-30(56-42(65)75-47(4,5)6)36(72-29)33-31(57-43(66)76-48(7,8)9)22-32(55-40(63)52(70)20-21-59(26-52)45(68)78-50(13,14)15)37(34(33)61)73-39-35(62)38(51(16,69)27-71-39)58(17)44(67)77-49(10,11)12/h18,28,30-39,53,60-62,69-70H,19-27H2,1-17H3,(H,54,64)(H,55,63)(H,56,65)(H,57,66)/t28?,30-,31+,32-,33?,34+,35-,36+,37+,38-,39-,51+,52?/m1/s1. The Bertz CT molecular complexity index is 2130. The minimum Gasteiger partial charge on any atom is -0.491 e. The maximum absolute atomic E-state index is 14.5. The first-order chi connectivity index (χ1) is 35.5. The van der Waals surface area contributed by atoms with Crippen LogP contribution >= 0.6 is 0 Å². The number of nitrogens with one attached hydrogen (secondary N) is 5. The Morgan fingerprint density at radius 1 is 0.744 bits per heavy atom. The van der Waals surface area contributed by atoms with Crippen molar-refractivity contribution in [2.24, 2.45) is 5.92 Å². The van der Waals surface area contributed by atoms with Crippen molar-refractivity contribution in [3.8, 4) is 0 Å². The number of carbonyl (C=O) groups excluding carboxylic acids is 6. The second-order valence-electron chi connectivity index (χ2n) is 25.9. The molecular weight excluding hydrogens is 1030 g/mol. The Hall–Kier alpha value is -4.96. The fourth-order valence-corrected chi connectivity index (χ4v) is 9.41. The number of likely N-dealkylation sites (N-methyl/N-ethyl adjacent to an activating group) is 1. The molecule has 3 unspecified atom stereocenters. The minimum atomic E-state index is -2.21. The number of amides is 6.